The van der Waals surface area contributed by atoms with Gasteiger partial charge in [-0.1, -0.05) is 18.6 Å². The molecule has 0 radical (unpaired) electrons. The summed E-state index contributed by atoms with van der Waals surface area (Å²) in [5.41, 5.74) is 0.347. The molecule has 2 fully saturated rings. The summed E-state index contributed by atoms with van der Waals surface area (Å²) in [6.07, 6.45) is 3.18. The molecule has 1 aliphatic heterocycles. The van der Waals surface area contributed by atoms with Crippen molar-refractivity contribution < 1.29 is 22.0 Å². The van der Waals surface area contributed by atoms with E-state index in [9.17, 15) is 12.8 Å². The maximum atomic E-state index is 13.7. The Morgan fingerprint density at radius 3 is 2.77 bits per heavy atom. The van der Waals surface area contributed by atoms with Crippen molar-refractivity contribution >= 4 is 10.0 Å². The molecule has 1 aromatic carbocycles. The lowest BCUT2D eigenvalue weighted by molar-refractivity contribution is -0.0184. The first-order chi connectivity index (χ1) is 12.4. The maximum Gasteiger partial charge on any atom is 0.246 e. The van der Waals surface area contributed by atoms with E-state index in [-0.39, 0.29) is 24.9 Å². The van der Waals surface area contributed by atoms with Crippen LogP contribution in [0.5, 0.6) is 0 Å². The predicted octanol–water partition coefficient (Wildman–Crippen LogP) is 2.01. The average Bonchev–Trinajstić information content (AvgIpc) is 3.03. The first-order valence-electron chi connectivity index (χ1n) is 8.55. The van der Waals surface area contributed by atoms with E-state index in [1.807, 2.05) is 6.07 Å². The molecule has 0 amide bonds. The van der Waals surface area contributed by atoms with E-state index < -0.39 is 21.5 Å². The highest BCUT2D eigenvalue weighted by Crippen LogP contribution is 2.48. The Labute approximate surface area is 151 Å². The Morgan fingerprint density at radius 1 is 1.31 bits per heavy atom. The lowest BCUT2D eigenvalue weighted by Gasteiger charge is -2.39. The number of nitrogens with zero attached hydrogens (tertiary/aromatic N) is 3. The number of sulfonamides is 1. The number of ether oxygens (including phenoxy) is 1. The zero-order valence-electron chi connectivity index (χ0n) is 14.4. The molecule has 9 heteroatoms. The fraction of sp³-hybridized carbons (Fsp3) is 0.529. The van der Waals surface area contributed by atoms with Gasteiger partial charge in [-0.25, -0.2) is 12.8 Å². The molecule has 2 heterocycles. The molecule has 0 spiro atoms. The van der Waals surface area contributed by atoms with E-state index >= 15 is 0 Å². The van der Waals surface area contributed by atoms with Gasteiger partial charge in [0, 0.05) is 13.1 Å². The SMILES string of the molecule is CS(=O)(=O)N1CCO[C@@H](c2nnc(C3(c4cccc(F)c4)CCC3)o2)C1. The molecule has 1 saturated heterocycles. The van der Waals surface area contributed by atoms with Crippen LogP contribution in [0.1, 0.15) is 42.7 Å². The molecule has 2 aliphatic rings. The highest BCUT2D eigenvalue weighted by Gasteiger charge is 2.46. The molecule has 0 N–H and O–H groups in total. The zero-order valence-corrected chi connectivity index (χ0v) is 15.2. The molecule has 1 aliphatic carbocycles. The van der Waals surface area contributed by atoms with Crippen LogP contribution in [0.15, 0.2) is 28.7 Å². The molecule has 0 bridgehead atoms. The summed E-state index contributed by atoms with van der Waals surface area (Å²) in [7, 11) is -3.31. The number of halogens is 1. The lowest BCUT2D eigenvalue weighted by Crippen LogP contribution is -2.41. The molecule has 1 saturated carbocycles. The van der Waals surface area contributed by atoms with Crippen molar-refractivity contribution in [3.05, 3.63) is 47.4 Å². The van der Waals surface area contributed by atoms with Crippen LogP contribution in [0.2, 0.25) is 0 Å². The van der Waals surface area contributed by atoms with Gasteiger partial charge in [-0.05, 0) is 30.5 Å². The van der Waals surface area contributed by atoms with Gasteiger partial charge in [0.25, 0.3) is 0 Å². The van der Waals surface area contributed by atoms with Crippen molar-refractivity contribution in [3.63, 3.8) is 0 Å². The summed E-state index contributed by atoms with van der Waals surface area (Å²) in [4.78, 5) is 0. The van der Waals surface area contributed by atoms with Crippen LogP contribution < -0.4 is 0 Å². The fourth-order valence-corrected chi connectivity index (χ4v) is 4.39. The molecule has 26 heavy (non-hydrogen) atoms. The molecular formula is C17H20FN3O4S. The summed E-state index contributed by atoms with van der Waals surface area (Å²) in [5, 5.41) is 8.29. The van der Waals surface area contributed by atoms with Gasteiger partial charge < -0.3 is 9.15 Å². The van der Waals surface area contributed by atoms with Crippen molar-refractivity contribution in [2.24, 2.45) is 0 Å². The Morgan fingerprint density at radius 2 is 2.12 bits per heavy atom. The van der Waals surface area contributed by atoms with Crippen LogP contribution in [0.25, 0.3) is 0 Å². The van der Waals surface area contributed by atoms with E-state index in [1.165, 1.54) is 22.7 Å². The number of morpholine rings is 1. The van der Waals surface area contributed by atoms with Gasteiger partial charge in [-0.15, -0.1) is 10.2 Å². The van der Waals surface area contributed by atoms with Crippen LogP contribution in [0, 0.1) is 5.82 Å². The first-order valence-corrected chi connectivity index (χ1v) is 10.4. The molecule has 1 atom stereocenters. The molecule has 7 nitrogen and oxygen atoms in total. The fourth-order valence-electron chi connectivity index (χ4n) is 3.58. The Kier molecular flexibility index (Phi) is 4.32. The minimum atomic E-state index is -3.31. The van der Waals surface area contributed by atoms with Gasteiger partial charge >= 0.3 is 0 Å². The quantitative estimate of drug-likeness (QED) is 0.805. The largest absolute Gasteiger partial charge is 0.421 e. The van der Waals surface area contributed by atoms with Crippen molar-refractivity contribution in [1.29, 1.82) is 0 Å². The average molecular weight is 381 g/mol. The summed E-state index contributed by atoms with van der Waals surface area (Å²) in [5.74, 6) is 0.397. The second kappa shape index (κ2) is 6.40. The predicted molar refractivity (Wildman–Crippen MR) is 90.4 cm³/mol. The van der Waals surface area contributed by atoms with Crippen molar-refractivity contribution in [3.8, 4) is 0 Å². The monoisotopic (exact) mass is 381 g/mol. The van der Waals surface area contributed by atoms with Crippen LogP contribution >= 0.6 is 0 Å². The van der Waals surface area contributed by atoms with E-state index in [2.05, 4.69) is 10.2 Å². The maximum absolute atomic E-state index is 13.7. The number of hydrogen-bond acceptors (Lipinski definition) is 6. The van der Waals surface area contributed by atoms with E-state index in [0.29, 0.717) is 12.4 Å². The minimum absolute atomic E-state index is 0.146. The van der Waals surface area contributed by atoms with Gasteiger partial charge in [-0.2, -0.15) is 4.31 Å². The lowest BCUT2D eigenvalue weighted by atomic mass is 9.64. The second-order valence-corrected chi connectivity index (χ2v) is 8.85. The number of hydrogen-bond donors (Lipinski definition) is 0. The summed E-state index contributed by atoms with van der Waals surface area (Å²) < 4.78 is 50.1. The molecule has 0 unspecified atom stereocenters. The molecule has 140 valence electrons. The topological polar surface area (TPSA) is 85.5 Å². The molecule has 2 aromatic rings. The highest BCUT2D eigenvalue weighted by atomic mass is 32.2. The van der Waals surface area contributed by atoms with Crippen LogP contribution in [-0.4, -0.2) is 48.9 Å². The Bertz CT molecular complexity index is 910. The smallest absolute Gasteiger partial charge is 0.246 e. The van der Waals surface area contributed by atoms with E-state index in [0.717, 1.165) is 24.8 Å². The van der Waals surface area contributed by atoms with E-state index in [1.54, 1.807) is 6.07 Å². The highest BCUT2D eigenvalue weighted by molar-refractivity contribution is 7.88. The van der Waals surface area contributed by atoms with Gasteiger partial charge in [0.15, 0.2) is 0 Å². The number of benzene rings is 1. The van der Waals surface area contributed by atoms with Crippen LogP contribution in [0.3, 0.4) is 0 Å². The first kappa shape index (κ1) is 17.6. The third kappa shape index (κ3) is 3.04. The normalized spacial score (nSPS) is 23.5. The summed E-state index contributed by atoms with van der Waals surface area (Å²) in [6.45, 7) is 0.724. The van der Waals surface area contributed by atoms with Gasteiger partial charge in [0.05, 0.1) is 18.3 Å². The third-order valence-electron chi connectivity index (χ3n) is 5.21. The summed E-state index contributed by atoms with van der Waals surface area (Å²) >= 11 is 0. The minimum Gasteiger partial charge on any atom is -0.421 e. The van der Waals surface area contributed by atoms with Gasteiger partial charge in [0.1, 0.15) is 11.9 Å². The zero-order chi connectivity index (χ0) is 18.4. The van der Waals surface area contributed by atoms with Crippen molar-refractivity contribution in [2.75, 3.05) is 26.0 Å². The standard InChI is InChI=1S/C17H20FN3O4S/c1-26(22,23)21-8-9-24-14(11-21)15-19-20-16(25-15)17(6-3-7-17)12-4-2-5-13(18)10-12/h2,4-5,10,14H,3,6-9,11H2,1H3/t14-/m1/s1. The van der Waals surface area contributed by atoms with Crippen LogP contribution in [0.4, 0.5) is 4.39 Å². The number of aromatic nitrogens is 2. The second-order valence-electron chi connectivity index (χ2n) is 6.87. The van der Waals surface area contributed by atoms with Crippen LogP contribution in [-0.2, 0) is 20.2 Å². The molecule has 1 aromatic heterocycles. The number of rotatable bonds is 4. The molecule has 4 rings (SSSR count). The Balaban J connectivity index is 1.61. The van der Waals surface area contributed by atoms with E-state index in [4.69, 9.17) is 9.15 Å². The van der Waals surface area contributed by atoms with Gasteiger partial charge in [-0.3, -0.25) is 0 Å². The summed E-state index contributed by atoms with van der Waals surface area (Å²) in [6, 6.07) is 6.46. The third-order valence-corrected chi connectivity index (χ3v) is 6.48. The molecular weight excluding hydrogens is 361 g/mol. The van der Waals surface area contributed by atoms with Crippen molar-refractivity contribution in [2.45, 2.75) is 30.8 Å². The Hall–Kier alpha value is -1.84. The van der Waals surface area contributed by atoms with Gasteiger partial charge in [0.2, 0.25) is 21.8 Å². The van der Waals surface area contributed by atoms with Crippen molar-refractivity contribution in [1.82, 2.24) is 14.5 Å².